The lowest BCUT2D eigenvalue weighted by atomic mass is 9.98. The maximum Gasteiger partial charge on any atom is 0.241 e. The van der Waals surface area contributed by atoms with Gasteiger partial charge in [-0.25, -0.2) is 13.1 Å². The van der Waals surface area contributed by atoms with E-state index in [0.29, 0.717) is 17.9 Å². The van der Waals surface area contributed by atoms with Crippen LogP contribution >= 0.6 is 39.1 Å². The van der Waals surface area contributed by atoms with Crippen LogP contribution in [0.25, 0.3) is 0 Å². The molecule has 0 heterocycles. The molecule has 1 unspecified atom stereocenters. The minimum atomic E-state index is -3.61. The van der Waals surface area contributed by atoms with Crippen molar-refractivity contribution in [2.24, 2.45) is 0 Å². The fourth-order valence-corrected chi connectivity index (χ4v) is 4.31. The molecule has 0 aromatic heterocycles. The van der Waals surface area contributed by atoms with Crippen molar-refractivity contribution in [2.75, 3.05) is 5.33 Å². The van der Waals surface area contributed by atoms with Crippen LogP contribution < -0.4 is 4.72 Å². The van der Waals surface area contributed by atoms with Gasteiger partial charge in [0.2, 0.25) is 10.0 Å². The number of alkyl halides is 1. The molecule has 3 nitrogen and oxygen atoms in total. The Balaban J connectivity index is 3.07. The van der Waals surface area contributed by atoms with Crippen molar-refractivity contribution in [3.8, 4) is 0 Å². The summed E-state index contributed by atoms with van der Waals surface area (Å²) < 4.78 is 27.4. The number of sulfonamides is 1. The van der Waals surface area contributed by atoms with Crippen LogP contribution in [-0.4, -0.2) is 19.3 Å². The van der Waals surface area contributed by atoms with Gasteiger partial charge in [-0.3, -0.25) is 0 Å². The predicted octanol–water partition coefficient (Wildman–Crippen LogP) is 4.23. The third kappa shape index (κ3) is 4.60. The largest absolute Gasteiger partial charge is 0.241 e. The second-order valence-electron chi connectivity index (χ2n) is 4.53. The van der Waals surface area contributed by atoms with Crippen molar-refractivity contribution in [3.63, 3.8) is 0 Å². The number of nitrogens with one attached hydrogen (secondary N) is 1. The summed E-state index contributed by atoms with van der Waals surface area (Å²) in [7, 11) is -3.61. The maximum atomic E-state index is 12.3. The minimum absolute atomic E-state index is 0.121. The van der Waals surface area contributed by atoms with Gasteiger partial charge < -0.3 is 0 Å². The van der Waals surface area contributed by atoms with Crippen LogP contribution in [0.5, 0.6) is 0 Å². The first-order valence-electron chi connectivity index (χ1n) is 5.79. The van der Waals surface area contributed by atoms with Gasteiger partial charge in [0, 0.05) is 10.9 Å². The summed E-state index contributed by atoms with van der Waals surface area (Å²) >= 11 is 15.0. The molecule has 0 spiro atoms. The molecular formula is C12H16BrCl2NO2S. The summed E-state index contributed by atoms with van der Waals surface area (Å²) in [5.74, 6) is 0. The highest BCUT2D eigenvalue weighted by Gasteiger charge is 2.28. The number of hydrogen-bond donors (Lipinski definition) is 1. The Labute approximate surface area is 132 Å². The molecule has 0 saturated carbocycles. The first-order valence-corrected chi connectivity index (χ1v) is 9.15. The molecule has 0 aliphatic heterocycles. The molecule has 0 radical (unpaired) electrons. The highest BCUT2D eigenvalue weighted by molar-refractivity contribution is 9.09. The van der Waals surface area contributed by atoms with E-state index in [4.69, 9.17) is 23.2 Å². The number of hydrogen-bond acceptors (Lipinski definition) is 2. The van der Waals surface area contributed by atoms with E-state index in [1.165, 1.54) is 18.2 Å². The standard InChI is InChI=1S/C12H16BrCl2NO2S/c1-3-12(2,6-7-13)16-19(17,18)9-4-5-10(14)11(15)8-9/h4-5,8,16H,3,6-7H2,1-2H3. The maximum absolute atomic E-state index is 12.3. The van der Waals surface area contributed by atoms with Gasteiger partial charge in [0.05, 0.1) is 14.9 Å². The molecule has 0 fully saturated rings. The van der Waals surface area contributed by atoms with Gasteiger partial charge in [0.25, 0.3) is 0 Å². The van der Waals surface area contributed by atoms with Gasteiger partial charge in [0.15, 0.2) is 0 Å². The van der Waals surface area contributed by atoms with Gasteiger partial charge in [-0.2, -0.15) is 0 Å². The third-order valence-electron chi connectivity index (χ3n) is 3.01. The van der Waals surface area contributed by atoms with Crippen LogP contribution in [-0.2, 0) is 10.0 Å². The summed E-state index contributed by atoms with van der Waals surface area (Å²) in [5.41, 5.74) is -0.492. The molecule has 0 bridgehead atoms. The van der Waals surface area contributed by atoms with Gasteiger partial charge >= 0.3 is 0 Å². The predicted molar refractivity (Wildman–Crippen MR) is 83.9 cm³/mol. The van der Waals surface area contributed by atoms with Crippen molar-refractivity contribution in [1.82, 2.24) is 4.72 Å². The molecule has 0 saturated heterocycles. The van der Waals surface area contributed by atoms with E-state index < -0.39 is 15.6 Å². The van der Waals surface area contributed by atoms with Crippen molar-refractivity contribution < 1.29 is 8.42 Å². The summed E-state index contributed by atoms with van der Waals surface area (Å²) in [5, 5.41) is 1.28. The average molecular weight is 389 g/mol. The van der Waals surface area contributed by atoms with Crippen LogP contribution in [0, 0.1) is 0 Å². The molecule has 7 heteroatoms. The quantitative estimate of drug-likeness (QED) is 0.741. The summed E-state index contributed by atoms with van der Waals surface area (Å²) in [4.78, 5) is 0.121. The third-order valence-corrected chi connectivity index (χ3v) is 5.78. The Morgan fingerprint density at radius 3 is 2.42 bits per heavy atom. The fraction of sp³-hybridized carbons (Fsp3) is 0.500. The summed E-state index contributed by atoms with van der Waals surface area (Å²) in [6, 6.07) is 4.28. The van der Waals surface area contributed by atoms with Crippen molar-refractivity contribution >= 4 is 49.2 Å². The number of halogens is 3. The first-order chi connectivity index (χ1) is 8.74. The molecule has 1 rings (SSSR count). The topological polar surface area (TPSA) is 46.2 Å². The van der Waals surface area contributed by atoms with Crippen LogP contribution in [0.15, 0.2) is 23.1 Å². The van der Waals surface area contributed by atoms with E-state index >= 15 is 0 Å². The zero-order valence-electron chi connectivity index (χ0n) is 10.7. The second kappa shape index (κ2) is 6.76. The summed E-state index contributed by atoms with van der Waals surface area (Å²) in [6.45, 7) is 3.82. The monoisotopic (exact) mass is 387 g/mol. The Bertz CT molecular complexity index is 551. The Morgan fingerprint density at radius 2 is 1.95 bits per heavy atom. The van der Waals surface area contributed by atoms with E-state index in [2.05, 4.69) is 20.7 Å². The zero-order chi connectivity index (χ0) is 14.7. The van der Waals surface area contributed by atoms with E-state index in [1.807, 2.05) is 13.8 Å². The Kier molecular flexibility index (Phi) is 6.14. The first kappa shape index (κ1) is 17.2. The van der Waals surface area contributed by atoms with Crippen LogP contribution in [0.1, 0.15) is 26.7 Å². The van der Waals surface area contributed by atoms with Gasteiger partial charge in [-0.1, -0.05) is 46.1 Å². The van der Waals surface area contributed by atoms with Gasteiger partial charge in [-0.15, -0.1) is 0 Å². The van der Waals surface area contributed by atoms with E-state index in [9.17, 15) is 8.42 Å². The van der Waals surface area contributed by atoms with E-state index in [0.717, 1.165) is 5.33 Å². The number of benzene rings is 1. The number of rotatable bonds is 6. The lowest BCUT2D eigenvalue weighted by Crippen LogP contribution is -2.45. The summed E-state index contributed by atoms with van der Waals surface area (Å²) in [6.07, 6.45) is 1.39. The Hall–Kier alpha value is 0.190. The molecule has 0 amide bonds. The molecule has 1 atom stereocenters. The lowest BCUT2D eigenvalue weighted by Gasteiger charge is -2.28. The second-order valence-corrected chi connectivity index (χ2v) is 7.82. The molecule has 108 valence electrons. The van der Waals surface area contributed by atoms with Crippen molar-refractivity contribution in [1.29, 1.82) is 0 Å². The van der Waals surface area contributed by atoms with Gasteiger partial charge in [-0.05, 0) is 38.0 Å². The molecule has 1 aromatic carbocycles. The van der Waals surface area contributed by atoms with Crippen molar-refractivity contribution in [2.45, 2.75) is 37.1 Å². The molecule has 19 heavy (non-hydrogen) atoms. The van der Waals surface area contributed by atoms with Crippen LogP contribution in [0.4, 0.5) is 0 Å². The SMILES string of the molecule is CCC(C)(CCBr)NS(=O)(=O)c1ccc(Cl)c(Cl)c1. The minimum Gasteiger partial charge on any atom is -0.207 e. The molecule has 1 N–H and O–H groups in total. The van der Waals surface area contributed by atoms with E-state index in [-0.39, 0.29) is 9.92 Å². The smallest absolute Gasteiger partial charge is 0.207 e. The van der Waals surface area contributed by atoms with Crippen molar-refractivity contribution in [3.05, 3.63) is 28.2 Å². The van der Waals surface area contributed by atoms with Gasteiger partial charge in [0.1, 0.15) is 0 Å². The molecule has 0 aliphatic rings. The highest BCUT2D eigenvalue weighted by Crippen LogP contribution is 2.26. The zero-order valence-corrected chi connectivity index (χ0v) is 14.6. The fourth-order valence-electron chi connectivity index (χ4n) is 1.54. The molecule has 1 aromatic rings. The van der Waals surface area contributed by atoms with Crippen LogP contribution in [0.3, 0.4) is 0 Å². The normalized spacial score (nSPS) is 15.2. The Morgan fingerprint density at radius 1 is 1.32 bits per heavy atom. The lowest BCUT2D eigenvalue weighted by molar-refractivity contribution is 0.392. The van der Waals surface area contributed by atoms with E-state index in [1.54, 1.807) is 0 Å². The van der Waals surface area contributed by atoms with Crippen LogP contribution in [0.2, 0.25) is 10.0 Å². The average Bonchev–Trinajstić information content (AvgIpc) is 2.32. The molecule has 0 aliphatic carbocycles. The highest BCUT2D eigenvalue weighted by atomic mass is 79.9. The molecular weight excluding hydrogens is 373 g/mol.